The average molecular weight is 425 g/mol. The van der Waals surface area contributed by atoms with Crippen LogP contribution >= 0.6 is 11.6 Å². The summed E-state index contributed by atoms with van der Waals surface area (Å²) in [6.07, 6.45) is 2.77. The summed E-state index contributed by atoms with van der Waals surface area (Å²) < 4.78 is 18.8. The van der Waals surface area contributed by atoms with E-state index in [9.17, 15) is 14.0 Å². The van der Waals surface area contributed by atoms with E-state index in [0.717, 1.165) is 25.3 Å². The molecule has 4 aliphatic rings. The Morgan fingerprint density at radius 2 is 1.97 bits per heavy atom. The predicted octanol–water partition coefficient (Wildman–Crippen LogP) is 1.32. The van der Waals surface area contributed by atoms with E-state index in [1.807, 2.05) is 12.1 Å². The molecule has 3 atom stereocenters. The fourth-order valence-electron chi connectivity index (χ4n) is 4.54. The molecule has 0 spiro atoms. The van der Waals surface area contributed by atoms with Crippen LogP contribution in [0.1, 0.15) is 19.3 Å². The lowest BCUT2D eigenvalue weighted by Crippen LogP contribution is -2.60. The number of nitrogens with zero attached hydrogens (tertiary/aromatic N) is 1. The molecule has 2 amide bonds. The summed E-state index contributed by atoms with van der Waals surface area (Å²) >= 11 is 5.65. The average Bonchev–Trinajstić information content (AvgIpc) is 3.08. The molecule has 3 N–H and O–H groups in total. The van der Waals surface area contributed by atoms with Crippen molar-refractivity contribution >= 4 is 23.4 Å². The first kappa shape index (κ1) is 20.4. The number of hydrogen-bond donors (Lipinski definition) is 3. The molecule has 4 fully saturated rings. The number of benzene rings is 1. The van der Waals surface area contributed by atoms with Crippen LogP contribution in [-0.2, 0) is 9.59 Å². The lowest BCUT2D eigenvalue weighted by molar-refractivity contribution is -0.128. The van der Waals surface area contributed by atoms with Crippen LogP contribution < -0.4 is 20.8 Å². The molecule has 0 radical (unpaired) electrons. The van der Waals surface area contributed by atoms with E-state index in [1.54, 1.807) is 0 Å². The van der Waals surface area contributed by atoms with E-state index in [0.29, 0.717) is 24.9 Å². The summed E-state index contributed by atoms with van der Waals surface area (Å²) in [7, 11) is 1.93. The number of carbonyl (C=O) groups is 2. The minimum atomic E-state index is -0.584. The number of hydrogen-bond acceptors (Lipinski definition) is 5. The molecule has 2 bridgehead atoms. The van der Waals surface area contributed by atoms with E-state index < -0.39 is 5.82 Å². The third kappa shape index (κ3) is 4.65. The molecule has 7 nitrogen and oxygen atoms in total. The monoisotopic (exact) mass is 424 g/mol. The van der Waals surface area contributed by atoms with Gasteiger partial charge in [-0.05, 0) is 43.2 Å². The van der Waals surface area contributed by atoms with Crippen molar-refractivity contribution in [1.82, 2.24) is 21.1 Å². The van der Waals surface area contributed by atoms with Gasteiger partial charge in [0, 0.05) is 38.3 Å². The topological polar surface area (TPSA) is 82.7 Å². The van der Waals surface area contributed by atoms with Crippen LogP contribution in [0.4, 0.5) is 4.39 Å². The lowest BCUT2D eigenvalue weighted by atomic mass is 9.60. The van der Waals surface area contributed by atoms with Crippen LogP contribution in [-0.4, -0.2) is 55.7 Å². The second-order valence-corrected chi connectivity index (χ2v) is 8.73. The summed E-state index contributed by atoms with van der Waals surface area (Å²) in [4.78, 5) is 24.9. The van der Waals surface area contributed by atoms with Crippen molar-refractivity contribution in [2.24, 2.45) is 17.8 Å². The van der Waals surface area contributed by atoms with Gasteiger partial charge in [0.15, 0.2) is 6.61 Å². The second-order valence-electron chi connectivity index (χ2n) is 8.32. The molecular weight excluding hydrogens is 399 g/mol. The molecule has 3 saturated carbocycles. The van der Waals surface area contributed by atoms with Crippen LogP contribution in [0, 0.1) is 23.6 Å². The van der Waals surface area contributed by atoms with Crippen molar-refractivity contribution in [2.45, 2.75) is 31.3 Å². The standard InChI is InChI=1S/C20H26ClFN4O3/c1-26-9-13(8-23-26)20(28)25-18-7-17(11-4-12(18)5-11)24-19(27)10-29-14-2-3-15(21)16(22)6-14/h2-3,6,11-13,17-18,23H,4-5,7-10H2,1H3,(H,24,27)(H,25,28)/t11?,12?,13?,17-,18?/m0/s1. The van der Waals surface area contributed by atoms with Gasteiger partial charge in [-0.2, -0.15) is 0 Å². The van der Waals surface area contributed by atoms with Gasteiger partial charge in [0.25, 0.3) is 5.91 Å². The van der Waals surface area contributed by atoms with Crippen molar-refractivity contribution in [1.29, 1.82) is 0 Å². The van der Waals surface area contributed by atoms with Crippen molar-refractivity contribution in [3.05, 3.63) is 29.0 Å². The molecule has 1 aromatic rings. The minimum Gasteiger partial charge on any atom is -0.484 e. The van der Waals surface area contributed by atoms with Crippen LogP contribution in [0.25, 0.3) is 0 Å². The van der Waals surface area contributed by atoms with Gasteiger partial charge in [0.2, 0.25) is 5.91 Å². The van der Waals surface area contributed by atoms with Gasteiger partial charge in [-0.3, -0.25) is 15.0 Å². The normalized spacial score (nSPS) is 31.1. The highest BCUT2D eigenvalue weighted by atomic mass is 35.5. The van der Waals surface area contributed by atoms with Gasteiger partial charge >= 0.3 is 0 Å². The summed E-state index contributed by atoms with van der Waals surface area (Å²) in [6, 6.07) is 4.19. The van der Waals surface area contributed by atoms with E-state index in [1.165, 1.54) is 12.1 Å². The van der Waals surface area contributed by atoms with E-state index >= 15 is 0 Å². The Bertz CT molecular complexity index is 789. The molecule has 158 valence electrons. The number of rotatable bonds is 6. The van der Waals surface area contributed by atoms with Crippen LogP contribution in [0.2, 0.25) is 5.02 Å². The third-order valence-corrected chi connectivity index (χ3v) is 6.57. The molecule has 1 aliphatic heterocycles. The highest BCUT2D eigenvalue weighted by Crippen LogP contribution is 2.45. The largest absolute Gasteiger partial charge is 0.484 e. The van der Waals surface area contributed by atoms with E-state index in [2.05, 4.69) is 16.1 Å². The van der Waals surface area contributed by atoms with Crippen molar-refractivity contribution < 1.29 is 18.7 Å². The zero-order chi connectivity index (χ0) is 20.5. The Morgan fingerprint density at radius 1 is 1.24 bits per heavy atom. The second kappa shape index (κ2) is 8.45. The van der Waals surface area contributed by atoms with Crippen LogP contribution in [0.3, 0.4) is 0 Å². The molecule has 3 aliphatic carbocycles. The molecule has 0 aromatic heterocycles. The summed E-state index contributed by atoms with van der Waals surface area (Å²) in [5.41, 5.74) is 3.15. The van der Waals surface area contributed by atoms with Gasteiger partial charge in [-0.25, -0.2) is 9.40 Å². The molecule has 9 heteroatoms. The Hall–Kier alpha value is -1.90. The van der Waals surface area contributed by atoms with Gasteiger partial charge in [-0.15, -0.1) is 0 Å². The SMILES string of the molecule is CN1CC(C(=O)NC2C[C@H](NC(=O)COc3ccc(Cl)c(F)c3)C3CC2C3)CN1. The molecule has 5 rings (SSSR count). The number of hydrazine groups is 1. The molecular formula is C20H26ClFN4O3. The lowest BCUT2D eigenvalue weighted by Gasteiger charge is -2.51. The van der Waals surface area contributed by atoms with Crippen molar-refractivity contribution in [3.8, 4) is 5.75 Å². The number of carbonyl (C=O) groups excluding carboxylic acids is 2. The summed E-state index contributed by atoms with van der Waals surface area (Å²) in [5.74, 6) is 0.410. The zero-order valence-electron chi connectivity index (χ0n) is 16.3. The quantitative estimate of drug-likeness (QED) is 0.641. The first-order chi connectivity index (χ1) is 13.9. The summed E-state index contributed by atoms with van der Waals surface area (Å²) in [6.45, 7) is 1.17. The highest BCUT2D eigenvalue weighted by Gasteiger charge is 2.47. The highest BCUT2D eigenvalue weighted by molar-refractivity contribution is 6.30. The first-order valence-electron chi connectivity index (χ1n) is 10.0. The number of halogens is 2. The Balaban J connectivity index is 1.26. The maximum Gasteiger partial charge on any atom is 0.258 e. The van der Waals surface area contributed by atoms with Gasteiger partial charge in [-0.1, -0.05) is 11.6 Å². The van der Waals surface area contributed by atoms with E-state index in [-0.39, 0.29) is 47.2 Å². The maximum atomic E-state index is 13.5. The van der Waals surface area contributed by atoms with Crippen molar-refractivity contribution in [2.75, 3.05) is 26.7 Å². The number of amides is 2. The molecule has 1 heterocycles. The van der Waals surface area contributed by atoms with Crippen molar-refractivity contribution in [3.63, 3.8) is 0 Å². The molecule has 29 heavy (non-hydrogen) atoms. The van der Waals surface area contributed by atoms with Crippen LogP contribution in [0.5, 0.6) is 5.75 Å². The molecule has 1 saturated heterocycles. The molecule has 2 unspecified atom stereocenters. The number of ether oxygens (including phenoxy) is 1. The Labute approximate surface area is 174 Å². The predicted molar refractivity (Wildman–Crippen MR) is 106 cm³/mol. The summed E-state index contributed by atoms with van der Waals surface area (Å²) in [5, 5.41) is 8.17. The fraction of sp³-hybridized carbons (Fsp3) is 0.600. The van der Waals surface area contributed by atoms with Gasteiger partial charge in [0.1, 0.15) is 11.6 Å². The fourth-order valence-corrected chi connectivity index (χ4v) is 4.66. The Morgan fingerprint density at radius 3 is 2.62 bits per heavy atom. The number of nitrogens with one attached hydrogen (secondary N) is 3. The van der Waals surface area contributed by atoms with E-state index in [4.69, 9.17) is 16.3 Å². The molecule has 1 aromatic carbocycles. The Kier molecular flexibility index (Phi) is 5.94. The maximum absolute atomic E-state index is 13.5. The van der Waals surface area contributed by atoms with Gasteiger partial charge in [0.05, 0.1) is 10.9 Å². The number of fused-ring (bicyclic) bond motifs is 2. The van der Waals surface area contributed by atoms with Gasteiger partial charge < -0.3 is 15.4 Å². The zero-order valence-corrected chi connectivity index (χ0v) is 17.0. The minimum absolute atomic E-state index is 0.0108. The third-order valence-electron chi connectivity index (χ3n) is 6.26. The smallest absolute Gasteiger partial charge is 0.258 e. The first-order valence-corrected chi connectivity index (χ1v) is 10.4. The van der Waals surface area contributed by atoms with Crippen LogP contribution in [0.15, 0.2) is 18.2 Å².